The molecular weight excluding hydrogens is 256 g/mol. The van der Waals surface area contributed by atoms with Gasteiger partial charge in [0, 0.05) is 13.6 Å². The molecule has 1 aromatic carbocycles. The molecule has 20 heavy (non-hydrogen) atoms. The number of carbonyl (C=O) groups excluding carboxylic acids is 2. The summed E-state index contributed by atoms with van der Waals surface area (Å²) < 4.78 is 0. The zero-order valence-electron chi connectivity index (χ0n) is 11.6. The number of nitrogens with zero attached hydrogens (tertiary/aromatic N) is 1. The van der Waals surface area contributed by atoms with Crippen LogP contribution in [0, 0.1) is 0 Å². The maximum atomic E-state index is 12.4. The van der Waals surface area contributed by atoms with Gasteiger partial charge in [-0.05, 0) is 37.0 Å². The molecule has 108 valence electrons. The predicted molar refractivity (Wildman–Crippen MR) is 75.2 cm³/mol. The maximum Gasteiger partial charge on any atom is 0.242 e. The third kappa shape index (κ3) is 3.29. The summed E-state index contributed by atoms with van der Waals surface area (Å²) in [5, 5.41) is 12.0. The van der Waals surface area contributed by atoms with E-state index in [9.17, 15) is 14.7 Å². The number of rotatable bonds is 3. The molecule has 0 spiro atoms. The topological polar surface area (TPSA) is 69.6 Å². The molecule has 0 aromatic heterocycles. The molecule has 0 aliphatic carbocycles. The van der Waals surface area contributed by atoms with Gasteiger partial charge in [-0.15, -0.1) is 0 Å². The number of benzene rings is 1. The number of nitrogens with one attached hydrogen (secondary N) is 1. The summed E-state index contributed by atoms with van der Waals surface area (Å²) in [7, 11) is 1.59. The molecule has 1 aliphatic heterocycles. The molecule has 2 rings (SSSR count). The molecule has 1 aromatic rings. The molecule has 0 unspecified atom stereocenters. The molecule has 1 aliphatic rings. The van der Waals surface area contributed by atoms with Crippen molar-refractivity contribution in [3.63, 3.8) is 0 Å². The second kappa shape index (κ2) is 6.41. The Hall–Kier alpha value is -2.04. The van der Waals surface area contributed by atoms with E-state index in [0.29, 0.717) is 13.0 Å². The van der Waals surface area contributed by atoms with Crippen LogP contribution in [0.25, 0.3) is 0 Å². The fourth-order valence-electron chi connectivity index (χ4n) is 2.61. The molecule has 1 saturated heterocycles. The highest BCUT2D eigenvalue weighted by Crippen LogP contribution is 2.19. The van der Waals surface area contributed by atoms with Gasteiger partial charge < -0.3 is 15.3 Å². The van der Waals surface area contributed by atoms with Gasteiger partial charge >= 0.3 is 0 Å². The highest BCUT2D eigenvalue weighted by atomic mass is 16.3. The van der Waals surface area contributed by atoms with Crippen molar-refractivity contribution in [3.8, 4) is 5.75 Å². The minimum atomic E-state index is -0.362. The van der Waals surface area contributed by atoms with Gasteiger partial charge in [0.2, 0.25) is 11.8 Å². The summed E-state index contributed by atoms with van der Waals surface area (Å²) in [6, 6.07) is 6.30. The summed E-state index contributed by atoms with van der Waals surface area (Å²) in [4.78, 5) is 25.9. The molecule has 1 atom stereocenters. The fraction of sp³-hybridized carbons (Fsp3) is 0.467. The first-order valence-electron chi connectivity index (χ1n) is 6.91. The largest absolute Gasteiger partial charge is 0.508 e. The van der Waals surface area contributed by atoms with Crippen molar-refractivity contribution in [1.82, 2.24) is 10.2 Å². The van der Waals surface area contributed by atoms with Gasteiger partial charge in [0.05, 0.1) is 6.42 Å². The molecule has 2 N–H and O–H groups in total. The van der Waals surface area contributed by atoms with E-state index in [-0.39, 0.29) is 30.0 Å². The molecule has 5 heteroatoms. The van der Waals surface area contributed by atoms with Crippen molar-refractivity contribution >= 4 is 11.8 Å². The zero-order valence-corrected chi connectivity index (χ0v) is 11.6. The molecule has 0 bridgehead atoms. The Morgan fingerprint density at radius 1 is 1.40 bits per heavy atom. The number of aromatic hydroxyl groups is 1. The number of hydrogen-bond acceptors (Lipinski definition) is 3. The lowest BCUT2D eigenvalue weighted by molar-refractivity contribution is -0.141. The third-order valence-electron chi connectivity index (χ3n) is 3.64. The summed E-state index contributed by atoms with van der Waals surface area (Å²) in [6.07, 6.45) is 2.82. The number of phenols is 1. The fourth-order valence-corrected chi connectivity index (χ4v) is 2.61. The van der Waals surface area contributed by atoms with Crippen LogP contribution in [0.15, 0.2) is 24.3 Å². The second-order valence-corrected chi connectivity index (χ2v) is 5.06. The van der Waals surface area contributed by atoms with E-state index in [1.807, 2.05) is 0 Å². The minimum Gasteiger partial charge on any atom is -0.508 e. The van der Waals surface area contributed by atoms with Crippen LogP contribution in [0.3, 0.4) is 0 Å². The Bertz CT molecular complexity index is 502. The average Bonchev–Trinajstić information content (AvgIpc) is 2.46. The molecular formula is C15H20N2O3. The van der Waals surface area contributed by atoms with E-state index in [1.54, 1.807) is 36.2 Å². The highest BCUT2D eigenvalue weighted by molar-refractivity contribution is 5.88. The Morgan fingerprint density at radius 2 is 2.20 bits per heavy atom. The number of phenolic OH excluding ortho intramolecular Hbond substituents is 1. The van der Waals surface area contributed by atoms with Gasteiger partial charge in [-0.1, -0.05) is 12.1 Å². The highest BCUT2D eigenvalue weighted by Gasteiger charge is 2.31. The Balaban J connectivity index is 2.08. The first-order valence-corrected chi connectivity index (χ1v) is 6.91. The van der Waals surface area contributed by atoms with Crippen LogP contribution in [0.1, 0.15) is 24.8 Å². The van der Waals surface area contributed by atoms with Gasteiger partial charge in [0.1, 0.15) is 11.8 Å². The number of likely N-dealkylation sites (tertiary alicyclic amines) is 1. The van der Waals surface area contributed by atoms with Crippen molar-refractivity contribution < 1.29 is 14.7 Å². The van der Waals surface area contributed by atoms with Crippen LogP contribution < -0.4 is 5.32 Å². The van der Waals surface area contributed by atoms with Gasteiger partial charge in [-0.3, -0.25) is 9.59 Å². The van der Waals surface area contributed by atoms with E-state index in [4.69, 9.17) is 0 Å². The standard InChI is InChI=1S/C15H20N2O3/c1-16-15(20)13-7-2-3-8-17(13)14(19)10-11-5-4-6-12(18)9-11/h4-6,9,13,18H,2-3,7-8,10H2,1H3,(H,16,20)/t13-/m1/s1. The SMILES string of the molecule is CNC(=O)[C@H]1CCCCN1C(=O)Cc1cccc(O)c1. The van der Waals surface area contributed by atoms with E-state index in [2.05, 4.69) is 5.32 Å². The predicted octanol–water partition coefficient (Wildman–Crippen LogP) is 1.06. The summed E-state index contributed by atoms with van der Waals surface area (Å²) in [6.45, 7) is 0.621. The van der Waals surface area contributed by atoms with Crippen molar-refractivity contribution in [2.45, 2.75) is 31.7 Å². The summed E-state index contributed by atoms with van der Waals surface area (Å²) in [5.41, 5.74) is 0.760. The van der Waals surface area contributed by atoms with E-state index in [1.165, 1.54) is 0 Å². The van der Waals surface area contributed by atoms with Crippen molar-refractivity contribution in [2.75, 3.05) is 13.6 Å². The van der Waals surface area contributed by atoms with Crippen LogP contribution in [-0.2, 0) is 16.0 Å². The number of likely N-dealkylation sites (N-methyl/N-ethyl adjacent to an activating group) is 1. The van der Waals surface area contributed by atoms with Crippen LogP contribution in [0.2, 0.25) is 0 Å². The third-order valence-corrected chi connectivity index (χ3v) is 3.64. The molecule has 1 fully saturated rings. The summed E-state index contributed by atoms with van der Waals surface area (Å²) in [5.74, 6) is -0.0188. The van der Waals surface area contributed by atoms with E-state index in [0.717, 1.165) is 18.4 Å². The monoisotopic (exact) mass is 276 g/mol. The quantitative estimate of drug-likeness (QED) is 0.867. The van der Waals surface area contributed by atoms with E-state index < -0.39 is 0 Å². The molecule has 5 nitrogen and oxygen atoms in total. The van der Waals surface area contributed by atoms with Gasteiger partial charge in [0.25, 0.3) is 0 Å². The minimum absolute atomic E-state index is 0.0658. The van der Waals surface area contributed by atoms with Crippen molar-refractivity contribution in [1.29, 1.82) is 0 Å². The molecule has 2 amide bonds. The second-order valence-electron chi connectivity index (χ2n) is 5.06. The average molecular weight is 276 g/mol. The molecule has 1 heterocycles. The number of piperidine rings is 1. The lowest BCUT2D eigenvalue weighted by Gasteiger charge is -2.34. The van der Waals surface area contributed by atoms with Gasteiger partial charge in [-0.25, -0.2) is 0 Å². The lowest BCUT2D eigenvalue weighted by Crippen LogP contribution is -2.51. The van der Waals surface area contributed by atoms with Crippen LogP contribution >= 0.6 is 0 Å². The Morgan fingerprint density at radius 3 is 2.90 bits per heavy atom. The van der Waals surface area contributed by atoms with E-state index >= 15 is 0 Å². The number of carbonyl (C=O) groups is 2. The van der Waals surface area contributed by atoms with Gasteiger partial charge in [-0.2, -0.15) is 0 Å². The van der Waals surface area contributed by atoms with Crippen LogP contribution in [-0.4, -0.2) is 41.5 Å². The van der Waals surface area contributed by atoms with Crippen molar-refractivity contribution in [3.05, 3.63) is 29.8 Å². The van der Waals surface area contributed by atoms with Crippen molar-refractivity contribution in [2.24, 2.45) is 0 Å². The number of amides is 2. The number of hydrogen-bond donors (Lipinski definition) is 2. The maximum absolute atomic E-state index is 12.4. The smallest absolute Gasteiger partial charge is 0.242 e. The Kier molecular flexibility index (Phi) is 4.61. The molecule has 0 radical (unpaired) electrons. The first kappa shape index (κ1) is 14.4. The normalized spacial score (nSPS) is 18.6. The lowest BCUT2D eigenvalue weighted by atomic mass is 10.00. The zero-order chi connectivity index (χ0) is 14.5. The van der Waals surface area contributed by atoms with Gasteiger partial charge in [0.15, 0.2) is 0 Å². The van der Waals surface area contributed by atoms with Crippen LogP contribution in [0.5, 0.6) is 5.75 Å². The molecule has 0 saturated carbocycles. The van der Waals surface area contributed by atoms with Crippen LogP contribution in [0.4, 0.5) is 0 Å². The first-order chi connectivity index (χ1) is 9.61. The Labute approximate surface area is 118 Å². The summed E-state index contributed by atoms with van der Waals surface area (Å²) >= 11 is 0.